The highest BCUT2D eigenvalue weighted by atomic mass is 19.1. The third-order valence-corrected chi connectivity index (χ3v) is 8.70. The van der Waals surface area contributed by atoms with E-state index in [9.17, 15) is 9.50 Å². The van der Waals surface area contributed by atoms with Crippen molar-refractivity contribution in [2.75, 3.05) is 13.1 Å². The summed E-state index contributed by atoms with van der Waals surface area (Å²) >= 11 is 0. The number of hydrogen-bond donors (Lipinski definition) is 2. The minimum atomic E-state index is -0.520. The average molecular weight is 452 g/mol. The largest absolute Gasteiger partial charge is 0.388 e. The monoisotopic (exact) mass is 451 g/mol. The van der Waals surface area contributed by atoms with Crippen LogP contribution in [0.2, 0.25) is 0 Å². The summed E-state index contributed by atoms with van der Waals surface area (Å²) in [6.07, 6.45) is 9.89. The Kier molecular flexibility index (Phi) is 7.60. The lowest BCUT2D eigenvalue weighted by molar-refractivity contribution is 0.0258. The molecule has 2 aromatic rings. The third kappa shape index (κ3) is 5.20. The molecule has 2 aliphatic rings. The van der Waals surface area contributed by atoms with Gasteiger partial charge in [-0.1, -0.05) is 63.9 Å². The number of aryl methyl sites for hydroxylation is 2. The van der Waals surface area contributed by atoms with Crippen LogP contribution in [0.15, 0.2) is 42.5 Å². The molecule has 4 rings (SSSR count). The van der Waals surface area contributed by atoms with Gasteiger partial charge in [0.15, 0.2) is 0 Å². The van der Waals surface area contributed by atoms with Crippen molar-refractivity contribution in [1.82, 2.24) is 5.32 Å². The molecule has 2 nitrogen and oxygen atoms in total. The molecule has 0 aromatic heterocycles. The van der Waals surface area contributed by atoms with E-state index in [4.69, 9.17) is 0 Å². The van der Waals surface area contributed by atoms with Gasteiger partial charge in [0.1, 0.15) is 5.82 Å². The zero-order valence-corrected chi connectivity index (χ0v) is 20.8. The van der Waals surface area contributed by atoms with Crippen LogP contribution in [0.1, 0.15) is 94.1 Å². The lowest BCUT2D eigenvalue weighted by atomic mass is 9.49. The summed E-state index contributed by atoms with van der Waals surface area (Å²) in [7, 11) is 0. The maximum Gasteiger partial charge on any atom is 0.123 e. The van der Waals surface area contributed by atoms with Crippen molar-refractivity contribution < 1.29 is 9.50 Å². The Morgan fingerprint density at radius 1 is 1.12 bits per heavy atom. The molecule has 0 spiro atoms. The number of aliphatic hydroxyl groups excluding tert-OH is 1. The molecule has 2 N–H and O–H groups in total. The highest BCUT2D eigenvalue weighted by Gasteiger charge is 2.51. The van der Waals surface area contributed by atoms with Gasteiger partial charge in [-0.2, -0.15) is 0 Å². The Hall–Kier alpha value is -1.71. The lowest BCUT2D eigenvalue weighted by Crippen LogP contribution is -2.52. The lowest BCUT2D eigenvalue weighted by Gasteiger charge is -2.55. The second kappa shape index (κ2) is 10.3. The molecule has 1 fully saturated rings. The molecule has 0 bridgehead atoms. The van der Waals surface area contributed by atoms with E-state index >= 15 is 0 Å². The quantitative estimate of drug-likeness (QED) is 0.407. The molecule has 33 heavy (non-hydrogen) atoms. The van der Waals surface area contributed by atoms with Crippen LogP contribution < -0.4 is 5.32 Å². The molecule has 0 radical (unpaired) electrons. The van der Waals surface area contributed by atoms with Crippen molar-refractivity contribution in [2.45, 2.75) is 90.1 Å². The van der Waals surface area contributed by atoms with Crippen LogP contribution >= 0.6 is 0 Å². The van der Waals surface area contributed by atoms with Crippen LogP contribution in [0.3, 0.4) is 0 Å². The average Bonchev–Trinajstić information content (AvgIpc) is 2.79. The van der Waals surface area contributed by atoms with E-state index in [1.165, 1.54) is 62.6 Å². The number of rotatable bonds is 9. The second-order valence-corrected chi connectivity index (χ2v) is 11.1. The SMILES string of the molecule is CCCc1ccc2c(c1)CCC1C(C)(CNCCCC(O)c3ccc(F)cc3)CCCC21C. The van der Waals surface area contributed by atoms with E-state index in [1.54, 1.807) is 23.3 Å². The molecule has 180 valence electrons. The van der Waals surface area contributed by atoms with Crippen LogP contribution in [-0.2, 0) is 18.3 Å². The standard InChI is InChI=1S/C30H42FNO/c1-4-7-22-9-15-26-24(20-22)12-16-28-29(2,17-6-18-30(26,28)3)21-32-19-5-8-27(33)23-10-13-25(31)14-11-23/h9-11,13-15,20,27-28,32-33H,4-8,12,16-19,21H2,1-3H3. The maximum atomic E-state index is 13.1. The van der Waals surface area contributed by atoms with Gasteiger partial charge in [-0.25, -0.2) is 4.39 Å². The molecule has 4 atom stereocenters. The van der Waals surface area contributed by atoms with Gasteiger partial charge in [0.2, 0.25) is 0 Å². The molecular weight excluding hydrogens is 409 g/mol. The predicted molar refractivity (Wildman–Crippen MR) is 135 cm³/mol. The van der Waals surface area contributed by atoms with E-state index in [0.29, 0.717) is 17.8 Å². The molecule has 0 saturated heterocycles. The zero-order valence-electron chi connectivity index (χ0n) is 20.8. The second-order valence-electron chi connectivity index (χ2n) is 11.1. The zero-order chi connectivity index (χ0) is 23.5. The fourth-order valence-corrected chi connectivity index (χ4v) is 6.98. The number of fused-ring (bicyclic) bond motifs is 3. The van der Waals surface area contributed by atoms with Crippen LogP contribution in [0.25, 0.3) is 0 Å². The summed E-state index contributed by atoms with van der Waals surface area (Å²) in [6, 6.07) is 13.5. The topological polar surface area (TPSA) is 32.3 Å². The first-order valence-corrected chi connectivity index (χ1v) is 13.1. The first-order valence-electron chi connectivity index (χ1n) is 13.1. The third-order valence-electron chi connectivity index (χ3n) is 8.70. The van der Waals surface area contributed by atoms with E-state index < -0.39 is 6.10 Å². The number of halogens is 1. The van der Waals surface area contributed by atoms with Crippen molar-refractivity contribution in [3.63, 3.8) is 0 Å². The van der Waals surface area contributed by atoms with E-state index in [2.05, 4.69) is 44.3 Å². The molecule has 0 aliphatic heterocycles. The van der Waals surface area contributed by atoms with Gasteiger partial charge in [0.05, 0.1) is 6.10 Å². The first-order chi connectivity index (χ1) is 15.9. The summed E-state index contributed by atoms with van der Waals surface area (Å²) < 4.78 is 13.1. The van der Waals surface area contributed by atoms with Crippen molar-refractivity contribution in [2.24, 2.45) is 11.3 Å². The van der Waals surface area contributed by atoms with Crippen LogP contribution in [0, 0.1) is 17.2 Å². The molecule has 0 amide bonds. The van der Waals surface area contributed by atoms with Gasteiger partial charge in [0, 0.05) is 6.54 Å². The molecule has 1 saturated carbocycles. The summed E-state index contributed by atoms with van der Waals surface area (Å²) in [5.74, 6) is 0.452. The molecule has 3 heteroatoms. The minimum absolute atomic E-state index is 0.257. The number of hydrogen-bond acceptors (Lipinski definition) is 2. The van der Waals surface area contributed by atoms with E-state index in [-0.39, 0.29) is 11.2 Å². The summed E-state index contributed by atoms with van der Waals surface area (Å²) in [4.78, 5) is 0. The number of benzene rings is 2. The van der Waals surface area contributed by atoms with Crippen LogP contribution in [0.5, 0.6) is 0 Å². The molecule has 4 unspecified atom stereocenters. The van der Waals surface area contributed by atoms with E-state index in [1.807, 2.05) is 0 Å². The van der Waals surface area contributed by atoms with Crippen molar-refractivity contribution in [3.05, 3.63) is 70.5 Å². The Morgan fingerprint density at radius 3 is 2.67 bits per heavy atom. The molecule has 2 aliphatic carbocycles. The van der Waals surface area contributed by atoms with Crippen LogP contribution in [0.4, 0.5) is 4.39 Å². The number of aliphatic hydroxyl groups is 1. The summed E-state index contributed by atoms with van der Waals surface area (Å²) in [6.45, 7) is 9.26. The van der Waals surface area contributed by atoms with Crippen molar-refractivity contribution in [3.8, 4) is 0 Å². The van der Waals surface area contributed by atoms with Crippen LogP contribution in [-0.4, -0.2) is 18.2 Å². The van der Waals surface area contributed by atoms with Gasteiger partial charge in [0.25, 0.3) is 0 Å². The fourth-order valence-electron chi connectivity index (χ4n) is 6.98. The minimum Gasteiger partial charge on any atom is -0.388 e. The number of nitrogens with one attached hydrogen (secondary N) is 1. The van der Waals surface area contributed by atoms with Gasteiger partial charge in [-0.05, 0) is 103 Å². The van der Waals surface area contributed by atoms with Gasteiger partial charge in [-0.15, -0.1) is 0 Å². The normalized spacial score (nSPS) is 27.6. The molecular formula is C30H42FNO. The van der Waals surface area contributed by atoms with Gasteiger partial charge in [-0.3, -0.25) is 0 Å². The Balaban J connectivity index is 1.34. The van der Waals surface area contributed by atoms with Gasteiger partial charge >= 0.3 is 0 Å². The van der Waals surface area contributed by atoms with Crippen molar-refractivity contribution >= 4 is 0 Å². The molecule has 0 heterocycles. The Labute approximate surface area is 200 Å². The smallest absolute Gasteiger partial charge is 0.123 e. The Bertz CT molecular complexity index is 925. The fraction of sp³-hybridized carbons (Fsp3) is 0.600. The highest BCUT2D eigenvalue weighted by Crippen LogP contribution is 2.57. The maximum absolute atomic E-state index is 13.1. The summed E-state index contributed by atoms with van der Waals surface area (Å²) in [5, 5.41) is 14.1. The predicted octanol–water partition coefficient (Wildman–Crippen LogP) is 6.89. The molecule has 2 aromatic carbocycles. The summed E-state index contributed by atoms with van der Waals surface area (Å²) in [5.41, 5.74) is 6.11. The van der Waals surface area contributed by atoms with E-state index in [0.717, 1.165) is 25.1 Å². The van der Waals surface area contributed by atoms with Crippen molar-refractivity contribution in [1.29, 1.82) is 0 Å². The Morgan fingerprint density at radius 2 is 1.91 bits per heavy atom. The van der Waals surface area contributed by atoms with Gasteiger partial charge < -0.3 is 10.4 Å². The highest BCUT2D eigenvalue weighted by molar-refractivity contribution is 5.41. The first kappa shape index (κ1) is 24.4.